The molecule has 0 aliphatic heterocycles. The molecule has 3 nitrogen and oxygen atoms in total. The van der Waals surface area contributed by atoms with Crippen molar-refractivity contribution in [2.24, 2.45) is 0 Å². The molecule has 0 bridgehead atoms. The SMILES string of the molecule is C#CCN(CC(=O)Nc1c(C(C)C)cccc1C(C)C)Cc1ccc(C)cc1. The number of benzene rings is 2. The van der Waals surface area contributed by atoms with E-state index in [-0.39, 0.29) is 12.5 Å². The van der Waals surface area contributed by atoms with Crippen molar-refractivity contribution >= 4 is 11.6 Å². The summed E-state index contributed by atoms with van der Waals surface area (Å²) in [4.78, 5) is 14.9. The summed E-state index contributed by atoms with van der Waals surface area (Å²) in [7, 11) is 0. The highest BCUT2D eigenvalue weighted by Gasteiger charge is 2.17. The van der Waals surface area contributed by atoms with Gasteiger partial charge in [-0.3, -0.25) is 9.69 Å². The number of amides is 1. The Bertz CT molecular complexity index is 802. The zero-order valence-corrected chi connectivity index (χ0v) is 17.8. The standard InChI is InChI=1S/C25H32N2O/c1-7-15-27(16-21-13-11-20(6)12-14-21)17-24(28)26-25-22(18(2)3)9-8-10-23(25)19(4)5/h1,8-14,18-19H,15-17H2,2-6H3,(H,26,28). The zero-order chi connectivity index (χ0) is 20.7. The van der Waals surface area contributed by atoms with Gasteiger partial charge in [0.25, 0.3) is 0 Å². The molecule has 0 heterocycles. The van der Waals surface area contributed by atoms with Crippen LogP contribution in [0.5, 0.6) is 0 Å². The first-order valence-electron chi connectivity index (χ1n) is 9.95. The molecule has 1 amide bonds. The van der Waals surface area contributed by atoms with Crippen molar-refractivity contribution in [3.8, 4) is 12.3 Å². The Kier molecular flexibility index (Phi) is 7.84. The number of anilines is 1. The van der Waals surface area contributed by atoms with E-state index >= 15 is 0 Å². The molecule has 2 aromatic rings. The van der Waals surface area contributed by atoms with Crippen molar-refractivity contribution in [3.63, 3.8) is 0 Å². The molecule has 0 spiro atoms. The Morgan fingerprint density at radius 1 is 1.04 bits per heavy atom. The number of carbonyl (C=O) groups excluding carboxylic acids is 1. The summed E-state index contributed by atoms with van der Waals surface area (Å²) >= 11 is 0. The van der Waals surface area contributed by atoms with Gasteiger partial charge in [0.15, 0.2) is 0 Å². The van der Waals surface area contributed by atoms with Gasteiger partial charge in [0.2, 0.25) is 5.91 Å². The fraction of sp³-hybridized carbons (Fsp3) is 0.400. The van der Waals surface area contributed by atoms with E-state index in [4.69, 9.17) is 6.42 Å². The fourth-order valence-corrected chi connectivity index (χ4v) is 3.33. The molecule has 0 unspecified atom stereocenters. The van der Waals surface area contributed by atoms with E-state index in [1.807, 2.05) is 4.90 Å². The second kappa shape index (κ2) is 10.1. The number of hydrogen-bond donors (Lipinski definition) is 1. The summed E-state index contributed by atoms with van der Waals surface area (Å²) in [5.74, 6) is 3.32. The van der Waals surface area contributed by atoms with Crippen molar-refractivity contribution in [1.82, 2.24) is 4.90 Å². The van der Waals surface area contributed by atoms with Crippen LogP contribution in [0.3, 0.4) is 0 Å². The predicted molar refractivity (Wildman–Crippen MR) is 119 cm³/mol. The lowest BCUT2D eigenvalue weighted by Crippen LogP contribution is -2.33. The molecule has 0 aromatic heterocycles. The molecule has 0 aliphatic carbocycles. The van der Waals surface area contributed by atoms with E-state index in [2.05, 4.69) is 88.3 Å². The van der Waals surface area contributed by atoms with Gasteiger partial charge in [-0.25, -0.2) is 0 Å². The molecule has 0 fully saturated rings. The van der Waals surface area contributed by atoms with Gasteiger partial charge in [0.05, 0.1) is 13.1 Å². The number of aryl methyl sites for hydroxylation is 1. The number of nitrogens with one attached hydrogen (secondary N) is 1. The van der Waals surface area contributed by atoms with Crippen LogP contribution < -0.4 is 5.32 Å². The van der Waals surface area contributed by atoms with Crippen LogP contribution >= 0.6 is 0 Å². The van der Waals surface area contributed by atoms with Gasteiger partial charge >= 0.3 is 0 Å². The summed E-state index contributed by atoms with van der Waals surface area (Å²) in [6.07, 6.45) is 5.54. The van der Waals surface area contributed by atoms with Gasteiger partial charge < -0.3 is 5.32 Å². The average Bonchev–Trinajstić information content (AvgIpc) is 2.63. The van der Waals surface area contributed by atoms with Crippen LogP contribution in [0.25, 0.3) is 0 Å². The minimum atomic E-state index is -0.0302. The second-order valence-electron chi connectivity index (χ2n) is 8.00. The van der Waals surface area contributed by atoms with Crippen molar-refractivity contribution < 1.29 is 4.79 Å². The Hall–Kier alpha value is -2.57. The number of carbonyl (C=O) groups is 1. The predicted octanol–water partition coefficient (Wildman–Crippen LogP) is 5.32. The fourth-order valence-electron chi connectivity index (χ4n) is 3.33. The van der Waals surface area contributed by atoms with Crippen molar-refractivity contribution in [3.05, 3.63) is 64.7 Å². The van der Waals surface area contributed by atoms with Gasteiger partial charge in [-0.1, -0.05) is 81.6 Å². The molecule has 0 saturated carbocycles. The third-order valence-electron chi connectivity index (χ3n) is 4.85. The number of nitrogens with zero attached hydrogens (tertiary/aromatic N) is 1. The van der Waals surface area contributed by atoms with Gasteiger partial charge in [0, 0.05) is 12.2 Å². The molecular formula is C25H32N2O. The molecule has 2 rings (SSSR count). The summed E-state index contributed by atoms with van der Waals surface area (Å²) in [6.45, 7) is 12.0. The molecular weight excluding hydrogens is 344 g/mol. The highest BCUT2D eigenvalue weighted by atomic mass is 16.2. The Balaban J connectivity index is 2.17. The molecule has 1 N–H and O–H groups in total. The van der Waals surface area contributed by atoms with Crippen LogP contribution in [0.2, 0.25) is 0 Å². The second-order valence-corrected chi connectivity index (χ2v) is 8.00. The van der Waals surface area contributed by atoms with E-state index < -0.39 is 0 Å². The van der Waals surface area contributed by atoms with Gasteiger partial charge in [-0.15, -0.1) is 6.42 Å². The van der Waals surface area contributed by atoms with Gasteiger partial charge in [-0.2, -0.15) is 0 Å². The number of para-hydroxylation sites is 1. The van der Waals surface area contributed by atoms with E-state index in [1.165, 1.54) is 16.7 Å². The minimum Gasteiger partial charge on any atom is -0.324 e. The maximum Gasteiger partial charge on any atom is 0.238 e. The Morgan fingerprint density at radius 2 is 1.61 bits per heavy atom. The van der Waals surface area contributed by atoms with Crippen molar-refractivity contribution in [2.45, 2.75) is 53.0 Å². The van der Waals surface area contributed by atoms with Crippen LogP contribution in [0.4, 0.5) is 5.69 Å². The van der Waals surface area contributed by atoms with Gasteiger partial charge in [0.1, 0.15) is 0 Å². The summed E-state index contributed by atoms with van der Waals surface area (Å²) in [6, 6.07) is 14.6. The van der Waals surface area contributed by atoms with E-state index in [0.717, 1.165) is 11.3 Å². The number of rotatable bonds is 8. The molecule has 0 radical (unpaired) electrons. The largest absolute Gasteiger partial charge is 0.324 e. The lowest BCUT2D eigenvalue weighted by molar-refractivity contribution is -0.117. The first-order valence-corrected chi connectivity index (χ1v) is 9.95. The third-order valence-corrected chi connectivity index (χ3v) is 4.85. The molecule has 2 aromatic carbocycles. The van der Waals surface area contributed by atoms with Crippen LogP contribution in [0, 0.1) is 19.3 Å². The average molecular weight is 377 g/mol. The quantitative estimate of drug-likeness (QED) is 0.633. The van der Waals surface area contributed by atoms with E-state index in [9.17, 15) is 4.79 Å². The monoisotopic (exact) mass is 376 g/mol. The number of hydrogen-bond acceptors (Lipinski definition) is 2. The van der Waals surface area contributed by atoms with Crippen LogP contribution in [0.1, 0.15) is 61.8 Å². The maximum atomic E-state index is 12.9. The van der Waals surface area contributed by atoms with Gasteiger partial charge in [-0.05, 0) is 35.4 Å². The topological polar surface area (TPSA) is 32.3 Å². The summed E-state index contributed by atoms with van der Waals surface area (Å²) in [5.41, 5.74) is 5.66. The first kappa shape index (κ1) is 21.7. The van der Waals surface area contributed by atoms with Crippen molar-refractivity contribution in [2.75, 3.05) is 18.4 Å². The first-order chi connectivity index (χ1) is 13.3. The summed E-state index contributed by atoms with van der Waals surface area (Å²) < 4.78 is 0. The molecule has 0 aliphatic rings. The molecule has 28 heavy (non-hydrogen) atoms. The van der Waals surface area contributed by atoms with Crippen molar-refractivity contribution in [1.29, 1.82) is 0 Å². The Labute approximate surface area is 170 Å². The summed E-state index contributed by atoms with van der Waals surface area (Å²) in [5, 5.41) is 3.18. The maximum absolute atomic E-state index is 12.9. The zero-order valence-electron chi connectivity index (χ0n) is 17.8. The minimum absolute atomic E-state index is 0.0302. The van der Waals surface area contributed by atoms with E-state index in [0.29, 0.717) is 24.9 Å². The molecule has 0 atom stereocenters. The Morgan fingerprint density at radius 3 is 2.11 bits per heavy atom. The van der Waals surface area contributed by atoms with Crippen LogP contribution in [-0.4, -0.2) is 23.9 Å². The number of terminal acetylenes is 1. The smallest absolute Gasteiger partial charge is 0.238 e. The molecule has 3 heteroatoms. The normalized spacial score (nSPS) is 11.1. The molecule has 0 saturated heterocycles. The third kappa shape index (κ3) is 5.97. The highest BCUT2D eigenvalue weighted by molar-refractivity contribution is 5.94. The molecule has 148 valence electrons. The lowest BCUT2D eigenvalue weighted by Gasteiger charge is -2.23. The lowest BCUT2D eigenvalue weighted by atomic mass is 9.92. The van der Waals surface area contributed by atoms with Crippen LogP contribution in [0.15, 0.2) is 42.5 Å². The van der Waals surface area contributed by atoms with Crippen LogP contribution in [-0.2, 0) is 11.3 Å². The van der Waals surface area contributed by atoms with E-state index in [1.54, 1.807) is 0 Å². The highest BCUT2D eigenvalue weighted by Crippen LogP contribution is 2.32.